The second kappa shape index (κ2) is 5.15. The van der Waals surface area contributed by atoms with Gasteiger partial charge in [0.15, 0.2) is 11.0 Å². The van der Waals surface area contributed by atoms with Gasteiger partial charge in [-0.1, -0.05) is 12.1 Å². The van der Waals surface area contributed by atoms with Crippen LogP contribution in [0.25, 0.3) is 16.4 Å². The molecule has 4 rings (SSSR count). The number of fused-ring (bicyclic) bond motifs is 2. The van der Waals surface area contributed by atoms with Crippen LogP contribution in [-0.2, 0) is 20.5 Å². The van der Waals surface area contributed by atoms with Crippen molar-refractivity contribution in [2.24, 2.45) is 14.1 Å². The summed E-state index contributed by atoms with van der Waals surface area (Å²) in [5.74, 6) is 1.34. The molecule has 0 bridgehead atoms. The lowest BCUT2D eigenvalue weighted by atomic mass is 10.1. The number of nitro groups is 1. The molecule has 0 saturated carbocycles. The van der Waals surface area contributed by atoms with E-state index in [9.17, 15) is 10.1 Å². The minimum Gasteiger partial charge on any atom is -0.359 e. The number of rotatable bonds is 3. The Morgan fingerprint density at radius 1 is 1.42 bits per heavy atom. The number of hydrogen-bond acceptors (Lipinski definition) is 4. The number of benzene rings is 1. The van der Waals surface area contributed by atoms with Gasteiger partial charge in [0.25, 0.3) is 11.5 Å². The first-order valence-corrected chi connectivity index (χ1v) is 7.45. The fourth-order valence-corrected chi connectivity index (χ4v) is 3.23. The SMILES string of the molecule is Cn1c(CC2C([N+](=O)[O-])=C[N-]c3ncnn32)[n+](C)c2ccccc21. The minimum atomic E-state index is -0.552. The van der Waals surface area contributed by atoms with E-state index in [1.165, 1.54) is 17.2 Å². The molecule has 3 heterocycles. The number of para-hydroxylation sites is 2. The summed E-state index contributed by atoms with van der Waals surface area (Å²) in [5.41, 5.74) is 2.15. The number of aromatic nitrogens is 5. The number of nitrogens with zero attached hydrogens (tertiary/aromatic N) is 7. The fraction of sp³-hybridized carbons (Fsp3) is 0.267. The zero-order valence-corrected chi connectivity index (χ0v) is 13.2. The summed E-state index contributed by atoms with van der Waals surface area (Å²) in [6.45, 7) is 0. The molecule has 0 N–H and O–H groups in total. The Labute approximate surface area is 137 Å². The van der Waals surface area contributed by atoms with Crippen molar-refractivity contribution in [3.8, 4) is 0 Å². The lowest BCUT2D eigenvalue weighted by Crippen LogP contribution is -2.36. The van der Waals surface area contributed by atoms with Gasteiger partial charge in [0.1, 0.15) is 6.04 Å². The van der Waals surface area contributed by atoms with Crippen LogP contribution in [0.1, 0.15) is 11.9 Å². The molecule has 9 nitrogen and oxygen atoms in total. The van der Waals surface area contributed by atoms with E-state index in [1.807, 2.05) is 38.4 Å². The molecule has 122 valence electrons. The molecule has 1 aliphatic rings. The first kappa shape index (κ1) is 14.4. The lowest BCUT2D eigenvalue weighted by molar-refractivity contribution is -0.654. The average Bonchev–Trinajstić information content (AvgIpc) is 3.14. The van der Waals surface area contributed by atoms with Crippen molar-refractivity contribution in [2.45, 2.75) is 12.5 Å². The standard InChI is InChI=1S/C15H15N7O2/c1-19-10-5-3-4-6-11(10)20(2)14(19)7-12-13(22(23)24)8-16-15-17-9-18-21(12)15/h3-6,8-9,12H,7H2,1-2H3. The van der Waals surface area contributed by atoms with E-state index in [2.05, 4.69) is 24.5 Å². The zero-order chi connectivity index (χ0) is 16.8. The molecule has 24 heavy (non-hydrogen) atoms. The van der Waals surface area contributed by atoms with Crippen LogP contribution in [0.15, 0.2) is 42.5 Å². The molecular formula is C15H15N7O2. The molecule has 1 unspecified atom stereocenters. The van der Waals surface area contributed by atoms with Gasteiger partial charge in [-0.15, -0.1) is 0 Å². The number of hydrogen-bond donors (Lipinski definition) is 0. The van der Waals surface area contributed by atoms with E-state index in [4.69, 9.17) is 0 Å². The van der Waals surface area contributed by atoms with Crippen molar-refractivity contribution in [3.63, 3.8) is 0 Å². The van der Waals surface area contributed by atoms with E-state index in [1.54, 1.807) is 0 Å². The highest BCUT2D eigenvalue weighted by atomic mass is 16.6. The fourth-order valence-electron chi connectivity index (χ4n) is 3.23. The Balaban J connectivity index is 1.83. The summed E-state index contributed by atoms with van der Waals surface area (Å²) in [6, 6.07) is 7.46. The van der Waals surface area contributed by atoms with Crippen LogP contribution in [0.3, 0.4) is 0 Å². The summed E-state index contributed by atoms with van der Waals surface area (Å²) in [7, 11) is 3.92. The van der Waals surface area contributed by atoms with Crippen molar-refractivity contribution in [1.29, 1.82) is 0 Å². The molecule has 0 radical (unpaired) electrons. The van der Waals surface area contributed by atoms with Gasteiger partial charge in [-0.25, -0.2) is 14.2 Å². The first-order chi connectivity index (χ1) is 11.6. The molecule has 0 aliphatic carbocycles. The van der Waals surface area contributed by atoms with Crippen molar-refractivity contribution < 1.29 is 9.49 Å². The molecular weight excluding hydrogens is 310 g/mol. The third-order valence-corrected chi connectivity index (χ3v) is 4.47. The normalized spacial score (nSPS) is 16.6. The Bertz CT molecular complexity index is 946. The van der Waals surface area contributed by atoms with Gasteiger partial charge in [0.05, 0.1) is 31.8 Å². The summed E-state index contributed by atoms with van der Waals surface area (Å²) < 4.78 is 5.61. The van der Waals surface area contributed by atoms with Gasteiger partial charge in [-0.05, 0) is 12.1 Å². The summed E-state index contributed by atoms with van der Waals surface area (Å²) in [5, 5.41) is 19.6. The maximum atomic E-state index is 11.4. The predicted molar refractivity (Wildman–Crippen MR) is 85.0 cm³/mol. The van der Waals surface area contributed by atoms with Crippen LogP contribution < -0.4 is 4.57 Å². The van der Waals surface area contributed by atoms with Crippen LogP contribution in [0.4, 0.5) is 5.95 Å². The van der Waals surface area contributed by atoms with Crippen LogP contribution in [0.5, 0.6) is 0 Å². The summed E-state index contributed by atoms with van der Waals surface area (Å²) in [4.78, 5) is 15.1. The molecule has 0 saturated heterocycles. The van der Waals surface area contributed by atoms with Crippen molar-refractivity contribution in [3.05, 3.63) is 63.7 Å². The van der Waals surface area contributed by atoms with Crippen molar-refractivity contribution in [1.82, 2.24) is 19.3 Å². The lowest BCUT2D eigenvalue weighted by Gasteiger charge is -2.25. The average molecular weight is 325 g/mol. The molecule has 1 aliphatic heterocycles. The number of allylic oxidation sites excluding steroid dienone is 1. The van der Waals surface area contributed by atoms with E-state index in [-0.39, 0.29) is 5.70 Å². The van der Waals surface area contributed by atoms with Gasteiger partial charge in [-0.2, -0.15) is 0 Å². The molecule has 9 heteroatoms. The highest BCUT2D eigenvalue weighted by Crippen LogP contribution is 2.33. The van der Waals surface area contributed by atoms with Crippen LogP contribution in [0.2, 0.25) is 0 Å². The van der Waals surface area contributed by atoms with Gasteiger partial charge in [0.2, 0.25) is 0 Å². The van der Waals surface area contributed by atoms with Crippen LogP contribution >= 0.6 is 0 Å². The van der Waals surface area contributed by atoms with Crippen LogP contribution in [0, 0.1) is 10.1 Å². The Hall–Kier alpha value is -3.23. The summed E-state index contributed by atoms with van der Waals surface area (Å²) >= 11 is 0. The molecule has 0 fully saturated rings. The smallest absolute Gasteiger partial charge is 0.260 e. The molecule has 1 aromatic carbocycles. The highest BCUT2D eigenvalue weighted by Gasteiger charge is 2.33. The Kier molecular flexibility index (Phi) is 3.08. The van der Waals surface area contributed by atoms with Gasteiger partial charge in [0, 0.05) is 12.1 Å². The zero-order valence-electron chi connectivity index (χ0n) is 13.2. The monoisotopic (exact) mass is 325 g/mol. The second-order valence-corrected chi connectivity index (χ2v) is 5.69. The van der Waals surface area contributed by atoms with Crippen molar-refractivity contribution >= 4 is 17.0 Å². The highest BCUT2D eigenvalue weighted by molar-refractivity contribution is 5.72. The minimum absolute atomic E-state index is 0.0123. The topological polar surface area (TPSA) is 96.8 Å². The molecule has 2 aromatic heterocycles. The van der Waals surface area contributed by atoms with Gasteiger partial charge in [-0.3, -0.25) is 10.1 Å². The molecule has 0 amide bonds. The second-order valence-electron chi connectivity index (χ2n) is 5.69. The third-order valence-electron chi connectivity index (χ3n) is 4.47. The molecule has 0 spiro atoms. The molecule has 1 atom stereocenters. The first-order valence-electron chi connectivity index (χ1n) is 7.45. The Morgan fingerprint density at radius 2 is 2.21 bits per heavy atom. The maximum Gasteiger partial charge on any atom is 0.260 e. The van der Waals surface area contributed by atoms with E-state index in [0.29, 0.717) is 12.4 Å². The Morgan fingerprint density at radius 3 is 2.96 bits per heavy atom. The molecule has 3 aromatic rings. The van der Waals surface area contributed by atoms with E-state index in [0.717, 1.165) is 16.9 Å². The van der Waals surface area contributed by atoms with Gasteiger partial charge < -0.3 is 15.0 Å². The quantitative estimate of drug-likeness (QED) is 0.414. The van der Waals surface area contributed by atoms with Gasteiger partial charge >= 0.3 is 0 Å². The number of imidazole rings is 1. The van der Waals surface area contributed by atoms with Crippen molar-refractivity contribution in [2.75, 3.05) is 0 Å². The summed E-state index contributed by atoms with van der Waals surface area (Å²) in [6.07, 6.45) is 3.06. The third kappa shape index (κ3) is 1.98. The predicted octanol–water partition coefficient (Wildman–Crippen LogP) is 1.51. The van der Waals surface area contributed by atoms with E-state index >= 15 is 0 Å². The van der Waals surface area contributed by atoms with Crippen LogP contribution in [-0.4, -0.2) is 24.3 Å². The largest absolute Gasteiger partial charge is 0.359 e. The van der Waals surface area contributed by atoms with E-state index < -0.39 is 11.0 Å². The maximum absolute atomic E-state index is 11.4. The number of aryl methyl sites for hydroxylation is 2.